The normalized spacial score (nSPS) is 28.8. The number of carbonyl (C=O) groups is 1. The summed E-state index contributed by atoms with van der Waals surface area (Å²) >= 11 is 1.48. The third kappa shape index (κ3) is 2.71. The first-order chi connectivity index (χ1) is 11.6. The molecule has 2 fully saturated rings. The van der Waals surface area contributed by atoms with Crippen molar-refractivity contribution in [1.82, 2.24) is 0 Å². The molecule has 3 aliphatic rings. The van der Waals surface area contributed by atoms with Gasteiger partial charge in [0, 0.05) is 29.1 Å². The van der Waals surface area contributed by atoms with Crippen LogP contribution in [0.2, 0.25) is 5.82 Å². The van der Waals surface area contributed by atoms with E-state index in [1.54, 1.807) is 0 Å². The second-order valence-electron chi connectivity index (χ2n) is 6.69. The van der Waals surface area contributed by atoms with Gasteiger partial charge in [-0.1, -0.05) is 6.07 Å². The largest absolute Gasteiger partial charge is 0.535 e. The summed E-state index contributed by atoms with van der Waals surface area (Å²) in [6.07, 6.45) is 1.80. The first-order valence-corrected chi connectivity index (χ1v) is 9.17. The number of nitrogens with two attached hydrogens (primary N) is 1. The molecule has 2 aliphatic heterocycles. The van der Waals surface area contributed by atoms with E-state index in [4.69, 9.17) is 15.1 Å². The van der Waals surface area contributed by atoms with Crippen LogP contribution in [0.4, 0.5) is 0 Å². The van der Waals surface area contributed by atoms with Crippen LogP contribution in [0.1, 0.15) is 34.7 Å². The molecule has 0 radical (unpaired) electrons. The van der Waals surface area contributed by atoms with Crippen molar-refractivity contribution in [2.45, 2.75) is 34.7 Å². The van der Waals surface area contributed by atoms with E-state index in [0.29, 0.717) is 29.7 Å². The SMILES string of the molecule is NC[C@@H](Sc1ccc2c(c1C(=O)O)OB(O)[C@@H]1C[C@H]21)C1CCOC1. The fraction of sp³-hybridized carbons (Fsp3) is 0.562. The van der Waals surface area contributed by atoms with Gasteiger partial charge in [0.2, 0.25) is 0 Å². The molecule has 0 spiro atoms. The Morgan fingerprint density at radius 2 is 2.33 bits per heavy atom. The average Bonchev–Trinajstić information content (AvgIpc) is 3.19. The Bertz CT molecular complexity index is 666. The van der Waals surface area contributed by atoms with Crippen LogP contribution in [0.5, 0.6) is 5.75 Å². The fourth-order valence-electron chi connectivity index (χ4n) is 3.74. The molecule has 1 aromatic carbocycles. The number of hydrogen-bond acceptors (Lipinski definition) is 6. The number of rotatable bonds is 5. The number of carboxylic acids is 1. The van der Waals surface area contributed by atoms with Crippen LogP contribution in [0.25, 0.3) is 0 Å². The number of fused-ring (bicyclic) bond motifs is 3. The summed E-state index contributed by atoms with van der Waals surface area (Å²) in [7, 11) is -0.908. The Balaban J connectivity index is 1.68. The second-order valence-corrected chi connectivity index (χ2v) is 7.97. The molecule has 128 valence electrons. The summed E-state index contributed by atoms with van der Waals surface area (Å²) in [5.41, 5.74) is 6.98. The Kier molecular flexibility index (Phi) is 4.24. The maximum atomic E-state index is 11.9. The summed E-state index contributed by atoms with van der Waals surface area (Å²) in [6, 6.07) is 3.81. The molecule has 2 heterocycles. The van der Waals surface area contributed by atoms with Crippen molar-refractivity contribution in [2.24, 2.45) is 11.7 Å². The van der Waals surface area contributed by atoms with Crippen molar-refractivity contribution in [2.75, 3.05) is 19.8 Å². The topological polar surface area (TPSA) is 102 Å². The molecule has 1 saturated heterocycles. The average molecular weight is 349 g/mol. The molecule has 1 aromatic rings. The highest BCUT2D eigenvalue weighted by Gasteiger charge is 2.54. The number of hydrogen-bond donors (Lipinski definition) is 3. The van der Waals surface area contributed by atoms with Crippen molar-refractivity contribution in [3.63, 3.8) is 0 Å². The highest BCUT2D eigenvalue weighted by Crippen LogP contribution is 2.60. The Morgan fingerprint density at radius 3 is 3.00 bits per heavy atom. The lowest BCUT2D eigenvalue weighted by Crippen LogP contribution is -2.28. The van der Waals surface area contributed by atoms with Crippen molar-refractivity contribution in [1.29, 1.82) is 0 Å². The first-order valence-electron chi connectivity index (χ1n) is 8.29. The molecule has 24 heavy (non-hydrogen) atoms. The number of ether oxygens (including phenoxy) is 1. The number of thioether (sulfide) groups is 1. The molecule has 1 unspecified atom stereocenters. The molecule has 4 atom stereocenters. The van der Waals surface area contributed by atoms with Gasteiger partial charge in [-0.05, 0) is 36.3 Å². The lowest BCUT2D eigenvalue weighted by Gasteiger charge is -2.25. The van der Waals surface area contributed by atoms with Gasteiger partial charge in [-0.3, -0.25) is 0 Å². The minimum Gasteiger partial charge on any atom is -0.535 e. The van der Waals surface area contributed by atoms with E-state index in [1.165, 1.54) is 11.8 Å². The van der Waals surface area contributed by atoms with Crippen LogP contribution in [0.3, 0.4) is 0 Å². The maximum absolute atomic E-state index is 11.9. The van der Waals surface area contributed by atoms with Gasteiger partial charge in [-0.2, -0.15) is 0 Å². The minimum absolute atomic E-state index is 0.102. The predicted molar refractivity (Wildman–Crippen MR) is 90.7 cm³/mol. The van der Waals surface area contributed by atoms with Gasteiger partial charge in [0.25, 0.3) is 0 Å². The minimum atomic E-state index is -1.03. The molecule has 8 heteroatoms. The number of carboxylic acid groups (broad SMARTS) is 1. The van der Waals surface area contributed by atoms with Crippen LogP contribution in [0, 0.1) is 5.92 Å². The van der Waals surface area contributed by atoms with E-state index < -0.39 is 13.1 Å². The summed E-state index contributed by atoms with van der Waals surface area (Å²) in [5.74, 6) is -0.0483. The maximum Gasteiger partial charge on any atom is 0.526 e. The highest BCUT2D eigenvalue weighted by atomic mass is 32.2. The van der Waals surface area contributed by atoms with Gasteiger partial charge in [-0.15, -0.1) is 11.8 Å². The van der Waals surface area contributed by atoms with Crippen LogP contribution in [-0.2, 0) is 4.74 Å². The molecular weight excluding hydrogens is 329 g/mol. The van der Waals surface area contributed by atoms with Crippen molar-refractivity contribution in [3.05, 3.63) is 23.3 Å². The van der Waals surface area contributed by atoms with Crippen LogP contribution < -0.4 is 10.4 Å². The monoisotopic (exact) mass is 349 g/mol. The van der Waals surface area contributed by atoms with E-state index in [9.17, 15) is 14.9 Å². The summed E-state index contributed by atoms with van der Waals surface area (Å²) < 4.78 is 11.0. The van der Waals surface area contributed by atoms with E-state index in [0.717, 1.165) is 25.0 Å². The van der Waals surface area contributed by atoms with Gasteiger partial charge in [-0.25, -0.2) is 4.79 Å². The standard InChI is InChI=1S/C16H20BNO5S/c18-6-13(8-3-4-22-7-8)24-12-2-1-9-10-5-11(10)17(21)23-15(9)14(12)16(19)20/h1-2,8,10-11,13,21H,3-7,18H2,(H,19,20)/t8?,10-,11-,13-/m1/s1. The summed E-state index contributed by atoms with van der Waals surface area (Å²) in [4.78, 5) is 12.5. The Hall–Kier alpha value is -1.22. The molecule has 4 N–H and O–H groups in total. The van der Waals surface area contributed by atoms with E-state index >= 15 is 0 Å². The fourth-order valence-corrected chi connectivity index (χ4v) is 5.02. The van der Waals surface area contributed by atoms with Gasteiger partial charge in [0.1, 0.15) is 11.3 Å². The smallest absolute Gasteiger partial charge is 0.526 e. The lowest BCUT2D eigenvalue weighted by atomic mass is 9.77. The Labute approximate surface area is 144 Å². The molecule has 0 aromatic heterocycles. The van der Waals surface area contributed by atoms with Crippen molar-refractivity contribution < 1.29 is 24.3 Å². The molecule has 0 amide bonds. The summed E-state index contributed by atoms with van der Waals surface area (Å²) in [5, 5.41) is 19.8. The lowest BCUT2D eigenvalue weighted by molar-refractivity contribution is 0.0690. The van der Waals surface area contributed by atoms with Gasteiger partial charge >= 0.3 is 13.1 Å². The highest BCUT2D eigenvalue weighted by molar-refractivity contribution is 8.00. The number of aromatic carboxylic acids is 1. The zero-order valence-corrected chi connectivity index (χ0v) is 14.0. The summed E-state index contributed by atoms with van der Waals surface area (Å²) in [6.45, 7) is 1.86. The van der Waals surface area contributed by atoms with E-state index in [2.05, 4.69) is 0 Å². The third-order valence-corrected chi connectivity index (χ3v) is 6.68. The number of benzene rings is 1. The molecule has 1 saturated carbocycles. The Morgan fingerprint density at radius 1 is 1.50 bits per heavy atom. The van der Waals surface area contributed by atoms with Crippen molar-refractivity contribution in [3.8, 4) is 5.75 Å². The third-order valence-electron chi connectivity index (χ3n) is 5.21. The van der Waals surface area contributed by atoms with Gasteiger partial charge in [0.05, 0.1) is 6.61 Å². The van der Waals surface area contributed by atoms with Crippen molar-refractivity contribution >= 4 is 24.8 Å². The van der Waals surface area contributed by atoms with Gasteiger partial charge in [0.15, 0.2) is 0 Å². The first kappa shape index (κ1) is 16.3. The van der Waals surface area contributed by atoms with Crippen LogP contribution in [0.15, 0.2) is 17.0 Å². The van der Waals surface area contributed by atoms with Crippen LogP contribution in [-0.4, -0.2) is 48.2 Å². The quantitative estimate of drug-likeness (QED) is 0.548. The molecular formula is C16H20BNO5S. The zero-order chi connectivity index (χ0) is 16.8. The molecule has 4 rings (SSSR count). The molecule has 6 nitrogen and oxygen atoms in total. The second kappa shape index (κ2) is 6.26. The van der Waals surface area contributed by atoms with E-state index in [1.807, 2.05) is 12.1 Å². The predicted octanol–water partition coefficient (Wildman–Crippen LogP) is 1.57. The zero-order valence-electron chi connectivity index (χ0n) is 13.2. The van der Waals surface area contributed by atoms with Gasteiger partial charge < -0.3 is 25.3 Å². The molecule has 0 bridgehead atoms. The molecule has 1 aliphatic carbocycles. The van der Waals surface area contributed by atoms with E-state index in [-0.39, 0.29) is 22.5 Å². The van der Waals surface area contributed by atoms with Crippen LogP contribution >= 0.6 is 11.8 Å².